The first-order chi connectivity index (χ1) is 14.5. The van der Waals surface area contributed by atoms with Crippen LogP contribution < -0.4 is 5.32 Å². The molecule has 0 radical (unpaired) electrons. The van der Waals surface area contributed by atoms with Gasteiger partial charge in [-0.3, -0.25) is 15.0 Å². The molecule has 5 rings (SSSR count). The molecule has 4 aliphatic rings. The standard InChI is InChI=1S/C22H27ClN4O2S/c23-18-12-17(27(28)29)6-7-19(18)24-22(30)26-9-3-4-14-10-15-11-16(21(14)26)13-25-8-2-1-5-20(15)25/h6-7,10,12,15-16,20-21H,1-5,8-9,11,13H2,(H,24,30). The lowest BCUT2D eigenvalue weighted by Crippen LogP contribution is -2.60. The number of anilines is 1. The zero-order valence-electron chi connectivity index (χ0n) is 16.9. The number of hydrogen-bond donors (Lipinski definition) is 1. The summed E-state index contributed by atoms with van der Waals surface area (Å²) in [6, 6.07) is 5.57. The maximum atomic E-state index is 11.0. The molecule has 6 nitrogen and oxygen atoms in total. The highest BCUT2D eigenvalue weighted by Gasteiger charge is 2.46. The van der Waals surface area contributed by atoms with Gasteiger partial charge in [0, 0.05) is 31.3 Å². The number of nitrogens with one attached hydrogen (secondary N) is 1. The van der Waals surface area contributed by atoms with Gasteiger partial charge in [-0.05, 0) is 68.8 Å². The van der Waals surface area contributed by atoms with Gasteiger partial charge in [-0.1, -0.05) is 29.7 Å². The highest BCUT2D eigenvalue weighted by atomic mass is 35.5. The minimum Gasteiger partial charge on any atom is -0.342 e. The average Bonchev–Trinajstić information content (AvgIpc) is 2.74. The number of benzene rings is 1. The lowest BCUT2D eigenvalue weighted by Gasteiger charge is -2.55. The van der Waals surface area contributed by atoms with Crippen LogP contribution in [0.3, 0.4) is 0 Å². The van der Waals surface area contributed by atoms with E-state index in [1.807, 2.05) is 0 Å². The molecule has 30 heavy (non-hydrogen) atoms. The molecule has 1 aromatic carbocycles. The minimum atomic E-state index is -0.439. The molecular formula is C22H27ClN4O2S. The Kier molecular flexibility index (Phi) is 5.45. The van der Waals surface area contributed by atoms with Crippen LogP contribution in [0.1, 0.15) is 38.5 Å². The molecule has 1 N–H and O–H groups in total. The Balaban J connectivity index is 1.37. The molecule has 4 atom stereocenters. The summed E-state index contributed by atoms with van der Waals surface area (Å²) in [6.45, 7) is 3.33. The van der Waals surface area contributed by atoms with E-state index in [0.717, 1.165) is 19.0 Å². The number of thiocarbonyl (C=S) groups is 1. The van der Waals surface area contributed by atoms with Gasteiger partial charge in [0.1, 0.15) is 0 Å². The van der Waals surface area contributed by atoms with E-state index >= 15 is 0 Å². The zero-order chi connectivity index (χ0) is 20.8. The van der Waals surface area contributed by atoms with Crippen LogP contribution in [0.2, 0.25) is 5.02 Å². The van der Waals surface area contributed by atoms with Crippen molar-refractivity contribution in [2.75, 3.05) is 25.0 Å². The summed E-state index contributed by atoms with van der Waals surface area (Å²) in [5.41, 5.74) is 2.17. The number of halogens is 1. The van der Waals surface area contributed by atoms with E-state index in [4.69, 9.17) is 23.8 Å². The zero-order valence-corrected chi connectivity index (χ0v) is 18.5. The van der Waals surface area contributed by atoms with E-state index in [9.17, 15) is 10.1 Å². The molecule has 1 aromatic rings. The van der Waals surface area contributed by atoms with Crippen LogP contribution in [-0.4, -0.2) is 51.6 Å². The Morgan fingerprint density at radius 2 is 2.13 bits per heavy atom. The van der Waals surface area contributed by atoms with Gasteiger partial charge in [0.05, 0.1) is 21.7 Å². The Labute approximate surface area is 187 Å². The third-order valence-corrected chi connectivity index (χ3v) is 7.97. The maximum absolute atomic E-state index is 11.0. The molecule has 0 amide bonds. The fourth-order valence-corrected chi connectivity index (χ4v) is 6.64. The number of nitrogens with zero attached hydrogens (tertiary/aromatic N) is 3. The molecular weight excluding hydrogens is 420 g/mol. The summed E-state index contributed by atoms with van der Waals surface area (Å²) in [6.07, 6.45) is 10.1. The number of piperidine rings is 3. The molecule has 3 fully saturated rings. The second-order valence-corrected chi connectivity index (χ2v) is 9.85. The largest absolute Gasteiger partial charge is 0.342 e. The third kappa shape index (κ3) is 3.61. The van der Waals surface area contributed by atoms with Crippen molar-refractivity contribution in [1.29, 1.82) is 0 Å². The minimum absolute atomic E-state index is 0.0173. The number of fused-ring (bicyclic) bond motifs is 6. The summed E-state index contributed by atoms with van der Waals surface area (Å²) in [5, 5.41) is 15.2. The van der Waals surface area contributed by atoms with Crippen molar-refractivity contribution in [1.82, 2.24) is 9.80 Å². The second kappa shape index (κ2) is 8.09. The van der Waals surface area contributed by atoms with Crippen LogP contribution in [0.5, 0.6) is 0 Å². The predicted octanol–water partition coefficient (Wildman–Crippen LogP) is 4.84. The molecule has 160 valence electrons. The van der Waals surface area contributed by atoms with Crippen molar-refractivity contribution in [3.8, 4) is 0 Å². The van der Waals surface area contributed by atoms with E-state index in [1.54, 1.807) is 11.6 Å². The number of non-ortho nitro benzene ring substituents is 1. The van der Waals surface area contributed by atoms with Crippen molar-refractivity contribution in [3.05, 3.63) is 45.0 Å². The number of hydrogen-bond acceptors (Lipinski definition) is 4. The van der Waals surface area contributed by atoms with Gasteiger partial charge in [-0.2, -0.15) is 0 Å². The van der Waals surface area contributed by atoms with Crippen LogP contribution in [0.4, 0.5) is 11.4 Å². The summed E-state index contributed by atoms with van der Waals surface area (Å²) in [4.78, 5) is 15.6. The third-order valence-electron chi connectivity index (χ3n) is 7.32. The van der Waals surface area contributed by atoms with Crippen LogP contribution in [0.25, 0.3) is 0 Å². The van der Waals surface area contributed by atoms with Crippen LogP contribution in [0, 0.1) is 22.0 Å². The van der Waals surface area contributed by atoms with Crippen molar-refractivity contribution in [2.24, 2.45) is 11.8 Å². The number of likely N-dealkylation sites (tertiary alicyclic amines) is 1. The lowest BCUT2D eigenvalue weighted by molar-refractivity contribution is -0.384. The number of rotatable bonds is 2. The van der Waals surface area contributed by atoms with Crippen molar-refractivity contribution >= 4 is 40.3 Å². The average molecular weight is 447 g/mol. The molecule has 0 aromatic heterocycles. The molecule has 3 aliphatic heterocycles. The summed E-state index contributed by atoms with van der Waals surface area (Å²) in [5.74, 6) is 1.30. The first-order valence-corrected chi connectivity index (χ1v) is 11.8. The molecule has 1 aliphatic carbocycles. The molecule has 0 spiro atoms. The first kappa shape index (κ1) is 20.2. The summed E-state index contributed by atoms with van der Waals surface area (Å²) >= 11 is 12.1. The molecule has 2 bridgehead atoms. The highest BCUT2D eigenvalue weighted by molar-refractivity contribution is 7.80. The van der Waals surface area contributed by atoms with Crippen LogP contribution in [0.15, 0.2) is 29.8 Å². The van der Waals surface area contributed by atoms with Gasteiger partial charge >= 0.3 is 0 Å². The number of nitro groups is 1. The van der Waals surface area contributed by atoms with E-state index in [-0.39, 0.29) is 5.69 Å². The normalized spacial score (nSPS) is 30.7. The van der Waals surface area contributed by atoms with Crippen molar-refractivity contribution in [3.63, 3.8) is 0 Å². The van der Waals surface area contributed by atoms with E-state index in [0.29, 0.717) is 33.7 Å². The number of nitro benzene ring substituents is 1. The van der Waals surface area contributed by atoms with Crippen LogP contribution >= 0.6 is 23.8 Å². The quantitative estimate of drug-likeness (QED) is 0.303. The van der Waals surface area contributed by atoms with E-state index in [2.05, 4.69) is 21.2 Å². The van der Waals surface area contributed by atoms with E-state index in [1.165, 1.54) is 57.3 Å². The monoisotopic (exact) mass is 446 g/mol. The van der Waals surface area contributed by atoms with Gasteiger partial charge in [-0.25, -0.2) is 0 Å². The molecule has 8 heteroatoms. The Morgan fingerprint density at radius 1 is 1.27 bits per heavy atom. The topological polar surface area (TPSA) is 61.7 Å². The van der Waals surface area contributed by atoms with Gasteiger partial charge in [0.2, 0.25) is 0 Å². The van der Waals surface area contributed by atoms with Crippen molar-refractivity contribution < 1.29 is 4.92 Å². The predicted molar refractivity (Wildman–Crippen MR) is 123 cm³/mol. The van der Waals surface area contributed by atoms with Gasteiger partial charge in [0.15, 0.2) is 5.11 Å². The van der Waals surface area contributed by atoms with Gasteiger partial charge < -0.3 is 10.2 Å². The fourth-order valence-electron chi connectivity index (χ4n) is 6.11. The molecule has 3 saturated heterocycles. The fraction of sp³-hybridized carbons (Fsp3) is 0.591. The lowest BCUT2D eigenvalue weighted by atomic mass is 9.68. The van der Waals surface area contributed by atoms with Crippen molar-refractivity contribution in [2.45, 2.75) is 50.6 Å². The Hall–Kier alpha value is -1.70. The smallest absolute Gasteiger partial charge is 0.271 e. The highest BCUT2D eigenvalue weighted by Crippen LogP contribution is 2.45. The van der Waals surface area contributed by atoms with E-state index < -0.39 is 4.92 Å². The Morgan fingerprint density at radius 3 is 2.93 bits per heavy atom. The Bertz CT molecular complexity index is 907. The molecule has 0 saturated carbocycles. The first-order valence-electron chi connectivity index (χ1n) is 11.0. The molecule has 4 unspecified atom stereocenters. The van der Waals surface area contributed by atoms with Crippen LogP contribution in [-0.2, 0) is 0 Å². The summed E-state index contributed by atoms with van der Waals surface area (Å²) < 4.78 is 0. The summed E-state index contributed by atoms with van der Waals surface area (Å²) in [7, 11) is 0. The maximum Gasteiger partial charge on any atom is 0.271 e. The SMILES string of the molecule is O=[N+]([O-])c1ccc(NC(=S)N2CCCC3=CC4CC(CN5CCCCC45)C32)c(Cl)c1. The van der Waals surface area contributed by atoms with Gasteiger partial charge in [-0.15, -0.1) is 0 Å². The van der Waals surface area contributed by atoms with Gasteiger partial charge in [0.25, 0.3) is 5.69 Å². The molecule has 3 heterocycles. The second-order valence-electron chi connectivity index (χ2n) is 9.05.